The molecule has 0 N–H and O–H groups in total. The first-order chi connectivity index (χ1) is 11.7. The van der Waals surface area contributed by atoms with Crippen LogP contribution in [0.15, 0.2) is 12.1 Å². The lowest BCUT2D eigenvalue weighted by atomic mass is 10.3. The van der Waals surface area contributed by atoms with Gasteiger partial charge in [0.2, 0.25) is 0 Å². The van der Waals surface area contributed by atoms with E-state index in [1.54, 1.807) is 0 Å². The molecule has 2 aromatic heterocycles. The maximum atomic E-state index is 4.22. The summed E-state index contributed by atoms with van der Waals surface area (Å²) >= 11 is 0. The first-order valence-corrected chi connectivity index (χ1v) is 9.05. The van der Waals surface area contributed by atoms with Gasteiger partial charge in [-0.25, -0.2) is 4.68 Å². The Bertz CT molecular complexity index is 657. The fraction of sp³-hybridized carbons (Fsp3) is 0.706. The summed E-state index contributed by atoms with van der Waals surface area (Å²) in [7, 11) is 0. The molecule has 1 saturated carbocycles. The summed E-state index contributed by atoms with van der Waals surface area (Å²) in [5, 5.41) is 12.2. The van der Waals surface area contributed by atoms with E-state index in [1.807, 2.05) is 4.68 Å². The van der Waals surface area contributed by atoms with Crippen LogP contribution in [-0.2, 0) is 13.1 Å². The molecule has 0 unspecified atom stereocenters. The van der Waals surface area contributed by atoms with E-state index < -0.39 is 0 Å². The van der Waals surface area contributed by atoms with Crippen molar-refractivity contribution < 1.29 is 0 Å². The number of hydrogen-bond donors (Lipinski definition) is 0. The molecular weight excluding hydrogens is 302 g/mol. The van der Waals surface area contributed by atoms with Gasteiger partial charge in [0.1, 0.15) is 0 Å². The van der Waals surface area contributed by atoms with Crippen LogP contribution in [-0.4, -0.2) is 67.3 Å². The van der Waals surface area contributed by atoms with E-state index in [0.29, 0.717) is 6.04 Å². The lowest BCUT2D eigenvalue weighted by Gasteiger charge is -2.34. The molecule has 3 heterocycles. The highest BCUT2D eigenvalue weighted by Crippen LogP contribution is 2.34. The highest BCUT2D eigenvalue weighted by Gasteiger charge is 2.28. The van der Waals surface area contributed by atoms with Gasteiger partial charge in [0.05, 0.1) is 12.6 Å². The molecule has 24 heavy (non-hydrogen) atoms. The van der Waals surface area contributed by atoms with Gasteiger partial charge in [0.15, 0.2) is 5.82 Å². The van der Waals surface area contributed by atoms with Crippen LogP contribution >= 0.6 is 0 Å². The summed E-state index contributed by atoms with van der Waals surface area (Å²) < 4.78 is 4.44. The van der Waals surface area contributed by atoms with E-state index in [0.717, 1.165) is 51.6 Å². The van der Waals surface area contributed by atoms with Crippen molar-refractivity contribution in [3.63, 3.8) is 0 Å². The minimum Gasteiger partial charge on any atom is -0.348 e. The van der Waals surface area contributed by atoms with Gasteiger partial charge < -0.3 is 4.57 Å². The van der Waals surface area contributed by atoms with Gasteiger partial charge in [-0.15, -0.1) is 5.10 Å². The first kappa shape index (κ1) is 15.8. The molecule has 1 aliphatic heterocycles. The second-order valence-corrected chi connectivity index (χ2v) is 7.16. The van der Waals surface area contributed by atoms with Crippen molar-refractivity contribution in [2.75, 3.05) is 32.7 Å². The third kappa shape index (κ3) is 3.37. The Morgan fingerprint density at radius 3 is 2.29 bits per heavy atom. The molecule has 7 nitrogen and oxygen atoms in total. The van der Waals surface area contributed by atoms with Crippen LogP contribution in [0.25, 0.3) is 0 Å². The number of tetrazole rings is 1. The predicted octanol–water partition coefficient (Wildman–Crippen LogP) is 1.24. The molecule has 1 aliphatic carbocycles. The van der Waals surface area contributed by atoms with Crippen LogP contribution < -0.4 is 0 Å². The average molecular weight is 329 g/mol. The fourth-order valence-electron chi connectivity index (χ4n) is 3.58. The van der Waals surface area contributed by atoms with Gasteiger partial charge in [0, 0.05) is 50.7 Å². The molecule has 0 amide bonds. The molecule has 0 bridgehead atoms. The zero-order chi connectivity index (χ0) is 16.5. The molecule has 2 aromatic rings. The van der Waals surface area contributed by atoms with E-state index in [4.69, 9.17) is 0 Å². The molecule has 0 radical (unpaired) electrons. The molecule has 130 valence electrons. The van der Waals surface area contributed by atoms with Crippen molar-refractivity contribution >= 4 is 0 Å². The van der Waals surface area contributed by atoms with Crippen molar-refractivity contribution in [1.29, 1.82) is 0 Å². The minimum absolute atomic E-state index is 0.560. The zero-order valence-corrected chi connectivity index (χ0v) is 14.7. The maximum Gasteiger partial charge on any atom is 0.165 e. The summed E-state index contributed by atoms with van der Waals surface area (Å²) in [4.78, 5) is 5.05. The first-order valence-electron chi connectivity index (χ1n) is 9.05. The number of rotatable bonds is 6. The van der Waals surface area contributed by atoms with Crippen molar-refractivity contribution in [2.24, 2.45) is 0 Å². The van der Waals surface area contributed by atoms with Crippen molar-refractivity contribution in [3.8, 4) is 0 Å². The molecule has 0 aromatic carbocycles. The minimum atomic E-state index is 0.560. The van der Waals surface area contributed by atoms with Crippen molar-refractivity contribution in [1.82, 2.24) is 34.6 Å². The van der Waals surface area contributed by atoms with Crippen LogP contribution in [0.1, 0.15) is 36.1 Å². The fourth-order valence-corrected chi connectivity index (χ4v) is 3.58. The van der Waals surface area contributed by atoms with Gasteiger partial charge in [-0.3, -0.25) is 9.80 Å². The maximum absolute atomic E-state index is 4.22. The van der Waals surface area contributed by atoms with Gasteiger partial charge in [-0.2, -0.15) is 0 Å². The van der Waals surface area contributed by atoms with Crippen LogP contribution in [0.3, 0.4) is 0 Å². The molecule has 0 spiro atoms. The smallest absolute Gasteiger partial charge is 0.165 e. The average Bonchev–Trinajstić information content (AvgIpc) is 3.25. The number of aromatic nitrogens is 5. The highest BCUT2D eigenvalue weighted by atomic mass is 15.6. The summed E-state index contributed by atoms with van der Waals surface area (Å²) in [5.74, 6) is 1.03. The van der Waals surface area contributed by atoms with Crippen LogP contribution in [0.2, 0.25) is 0 Å². The standard InChI is InChI=1S/C17H27N7/c1-14-3-4-15(2)23(14)12-11-21-7-9-22(10-8-21)13-17-18-19-20-24(17)16-5-6-16/h3-4,16H,5-13H2,1-2H3. The molecule has 0 atom stereocenters. The Balaban J connectivity index is 1.25. The van der Waals surface area contributed by atoms with E-state index in [2.05, 4.69) is 55.9 Å². The van der Waals surface area contributed by atoms with Gasteiger partial charge in [0.25, 0.3) is 0 Å². The number of aryl methyl sites for hydroxylation is 2. The van der Waals surface area contributed by atoms with Crippen molar-refractivity contribution in [2.45, 2.75) is 45.8 Å². The number of nitrogens with zero attached hydrogens (tertiary/aromatic N) is 7. The second kappa shape index (κ2) is 6.64. The molecule has 1 saturated heterocycles. The monoisotopic (exact) mass is 329 g/mol. The zero-order valence-electron chi connectivity index (χ0n) is 14.7. The molecule has 2 aliphatic rings. The van der Waals surface area contributed by atoms with E-state index >= 15 is 0 Å². The summed E-state index contributed by atoms with van der Waals surface area (Å²) in [6.45, 7) is 11.9. The quantitative estimate of drug-likeness (QED) is 0.798. The summed E-state index contributed by atoms with van der Waals surface area (Å²) in [5.41, 5.74) is 2.72. The number of piperazine rings is 1. The molecule has 7 heteroatoms. The van der Waals surface area contributed by atoms with E-state index in [-0.39, 0.29) is 0 Å². The van der Waals surface area contributed by atoms with Crippen LogP contribution in [0.5, 0.6) is 0 Å². The second-order valence-electron chi connectivity index (χ2n) is 7.16. The van der Waals surface area contributed by atoms with Crippen LogP contribution in [0.4, 0.5) is 0 Å². The number of hydrogen-bond acceptors (Lipinski definition) is 5. The third-order valence-corrected chi connectivity index (χ3v) is 5.34. The SMILES string of the molecule is Cc1ccc(C)n1CCN1CCN(Cc2nnnn2C2CC2)CC1. The molecule has 4 rings (SSSR count). The Labute approximate surface area is 143 Å². The normalized spacial score (nSPS) is 19.9. The largest absolute Gasteiger partial charge is 0.348 e. The Hall–Kier alpha value is -1.73. The van der Waals surface area contributed by atoms with Gasteiger partial charge in [-0.1, -0.05) is 0 Å². The highest BCUT2D eigenvalue weighted by molar-refractivity contribution is 5.13. The predicted molar refractivity (Wildman–Crippen MR) is 91.7 cm³/mol. The Morgan fingerprint density at radius 1 is 0.958 bits per heavy atom. The summed E-state index contributed by atoms with van der Waals surface area (Å²) in [6.07, 6.45) is 2.45. The summed E-state index contributed by atoms with van der Waals surface area (Å²) in [6, 6.07) is 4.97. The molecular formula is C17H27N7. The lowest BCUT2D eigenvalue weighted by Crippen LogP contribution is -2.47. The topological polar surface area (TPSA) is 55.0 Å². The third-order valence-electron chi connectivity index (χ3n) is 5.34. The van der Waals surface area contributed by atoms with Gasteiger partial charge in [-0.05, 0) is 49.2 Å². The van der Waals surface area contributed by atoms with E-state index in [9.17, 15) is 0 Å². The van der Waals surface area contributed by atoms with Crippen LogP contribution in [0, 0.1) is 13.8 Å². The Morgan fingerprint density at radius 2 is 1.62 bits per heavy atom. The van der Waals surface area contributed by atoms with E-state index in [1.165, 1.54) is 24.2 Å². The molecule has 2 fully saturated rings. The van der Waals surface area contributed by atoms with Gasteiger partial charge >= 0.3 is 0 Å². The van der Waals surface area contributed by atoms with Crippen molar-refractivity contribution in [3.05, 3.63) is 29.3 Å². The lowest BCUT2D eigenvalue weighted by molar-refractivity contribution is 0.120. The Kier molecular flexibility index (Phi) is 4.37.